The van der Waals surface area contributed by atoms with Gasteiger partial charge < -0.3 is 9.30 Å². The highest BCUT2D eigenvalue weighted by Gasteiger charge is 2.17. The Bertz CT molecular complexity index is 758. The third-order valence-electron chi connectivity index (χ3n) is 5.39. The standard InChI is InChI=1S/C23H32N2O/c1-4-6-15-26-23-12-11-20(21-9-7-8-10-22(21)23)16-19(5-2)17-25-14-13-24-18(25)3/h11-14,16H,4-10,15,17H2,1-3H3/b19-16+. The normalized spacial score (nSPS) is 14.3. The Morgan fingerprint density at radius 1 is 1.19 bits per heavy atom. The third kappa shape index (κ3) is 4.38. The average molecular weight is 353 g/mol. The first-order chi connectivity index (χ1) is 12.7. The summed E-state index contributed by atoms with van der Waals surface area (Å²) in [5, 5.41) is 0. The summed E-state index contributed by atoms with van der Waals surface area (Å²) in [5.41, 5.74) is 5.80. The van der Waals surface area contributed by atoms with Crippen LogP contribution in [0.5, 0.6) is 5.75 Å². The van der Waals surface area contributed by atoms with Gasteiger partial charge in [0.05, 0.1) is 6.61 Å². The quantitative estimate of drug-likeness (QED) is 0.566. The zero-order valence-electron chi connectivity index (χ0n) is 16.6. The number of rotatable bonds is 8. The van der Waals surface area contributed by atoms with Crippen molar-refractivity contribution in [3.63, 3.8) is 0 Å². The van der Waals surface area contributed by atoms with Gasteiger partial charge in [-0.15, -0.1) is 0 Å². The molecule has 0 radical (unpaired) electrons. The molecule has 26 heavy (non-hydrogen) atoms. The molecule has 3 rings (SSSR count). The Balaban J connectivity index is 1.87. The van der Waals surface area contributed by atoms with Crippen LogP contribution in [-0.4, -0.2) is 16.2 Å². The van der Waals surface area contributed by atoms with Gasteiger partial charge in [-0.05, 0) is 68.2 Å². The van der Waals surface area contributed by atoms with Crippen LogP contribution in [0.15, 0.2) is 30.1 Å². The summed E-state index contributed by atoms with van der Waals surface area (Å²) in [6.45, 7) is 8.27. The first-order valence-corrected chi connectivity index (χ1v) is 10.2. The second-order valence-corrected chi connectivity index (χ2v) is 7.28. The molecule has 0 amide bonds. The highest BCUT2D eigenvalue weighted by Crippen LogP contribution is 2.33. The van der Waals surface area contributed by atoms with Crippen molar-refractivity contribution >= 4 is 6.08 Å². The smallest absolute Gasteiger partial charge is 0.122 e. The molecule has 3 heteroatoms. The molecule has 140 valence electrons. The van der Waals surface area contributed by atoms with Crippen LogP contribution >= 0.6 is 0 Å². The van der Waals surface area contributed by atoms with Crippen LogP contribution < -0.4 is 4.74 Å². The molecule has 0 unspecified atom stereocenters. The largest absolute Gasteiger partial charge is 0.493 e. The van der Waals surface area contributed by atoms with Crippen molar-refractivity contribution in [2.45, 2.75) is 72.3 Å². The van der Waals surface area contributed by atoms with Crippen LogP contribution in [0, 0.1) is 6.92 Å². The van der Waals surface area contributed by atoms with Gasteiger partial charge in [0.1, 0.15) is 11.6 Å². The van der Waals surface area contributed by atoms with E-state index in [1.165, 1.54) is 47.9 Å². The molecule has 0 fully saturated rings. The highest BCUT2D eigenvalue weighted by atomic mass is 16.5. The topological polar surface area (TPSA) is 27.1 Å². The predicted molar refractivity (Wildman–Crippen MR) is 109 cm³/mol. The van der Waals surface area contributed by atoms with E-state index in [0.717, 1.165) is 44.0 Å². The van der Waals surface area contributed by atoms with E-state index in [1.807, 2.05) is 6.20 Å². The average Bonchev–Trinajstić information content (AvgIpc) is 3.07. The number of hydrogen-bond donors (Lipinski definition) is 0. The number of aromatic nitrogens is 2. The lowest BCUT2D eigenvalue weighted by Crippen LogP contribution is -2.09. The predicted octanol–water partition coefficient (Wildman–Crippen LogP) is 5.74. The fourth-order valence-electron chi connectivity index (χ4n) is 3.73. The van der Waals surface area contributed by atoms with Crippen LogP contribution in [0.3, 0.4) is 0 Å². The van der Waals surface area contributed by atoms with Crippen LogP contribution in [0.4, 0.5) is 0 Å². The fraction of sp³-hybridized carbons (Fsp3) is 0.522. The lowest BCUT2D eigenvalue weighted by molar-refractivity contribution is 0.305. The van der Waals surface area contributed by atoms with Crippen molar-refractivity contribution in [1.82, 2.24) is 9.55 Å². The highest BCUT2D eigenvalue weighted by molar-refractivity contribution is 5.62. The van der Waals surface area contributed by atoms with E-state index in [-0.39, 0.29) is 0 Å². The van der Waals surface area contributed by atoms with E-state index in [9.17, 15) is 0 Å². The number of hydrogen-bond acceptors (Lipinski definition) is 2. The van der Waals surface area contributed by atoms with Crippen LogP contribution in [0.2, 0.25) is 0 Å². The number of ether oxygens (including phenoxy) is 1. The van der Waals surface area contributed by atoms with E-state index in [1.54, 1.807) is 0 Å². The van der Waals surface area contributed by atoms with Gasteiger partial charge in [-0.25, -0.2) is 4.98 Å². The molecule has 0 saturated heterocycles. The lowest BCUT2D eigenvalue weighted by Gasteiger charge is -2.22. The summed E-state index contributed by atoms with van der Waals surface area (Å²) in [5.74, 6) is 2.19. The summed E-state index contributed by atoms with van der Waals surface area (Å²) in [4.78, 5) is 4.35. The number of unbranched alkanes of at least 4 members (excludes halogenated alkanes) is 1. The molecule has 1 aromatic heterocycles. The molecule has 0 N–H and O–H groups in total. The minimum absolute atomic E-state index is 0.832. The van der Waals surface area contributed by atoms with Crippen molar-refractivity contribution in [2.75, 3.05) is 6.61 Å². The molecule has 0 aliphatic heterocycles. The minimum atomic E-state index is 0.832. The van der Waals surface area contributed by atoms with Crippen LogP contribution in [-0.2, 0) is 19.4 Å². The van der Waals surface area contributed by atoms with Crippen molar-refractivity contribution in [3.05, 3.63) is 52.6 Å². The number of imidazole rings is 1. The molecule has 0 saturated carbocycles. The molecule has 2 aromatic rings. The maximum atomic E-state index is 6.10. The monoisotopic (exact) mass is 352 g/mol. The van der Waals surface area contributed by atoms with E-state index >= 15 is 0 Å². The summed E-state index contributed by atoms with van der Waals surface area (Å²) < 4.78 is 8.33. The van der Waals surface area contributed by atoms with Crippen molar-refractivity contribution < 1.29 is 4.74 Å². The van der Waals surface area contributed by atoms with Gasteiger partial charge in [0.15, 0.2) is 0 Å². The summed E-state index contributed by atoms with van der Waals surface area (Å²) in [6, 6.07) is 4.46. The van der Waals surface area contributed by atoms with Crippen LogP contribution in [0.25, 0.3) is 6.08 Å². The fourth-order valence-corrected chi connectivity index (χ4v) is 3.73. The molecular weight excluding hydrogens is 320 g/mol. The van der Waals surface area contributed by atoms with Gasteiger partial charge in [-0.2, -0.15) is 0 Å². The van der Waals surface area contributed by atoms with Crippen molar-refractivity contribution in [3.8, 4) is 5.75 Å². The molecule has 3 nitrogen and oxygen atoms in total. The Morgan fingerprint density at radius 3 is 2.69 bits per heavy atom. The summed E-state index contributed by atoms with van der Waals surface area (Å²) in [6.07, 6.45) is 14.6. The molecular formula is C23H32N2O. The molecule has 0 bridgehead atoms. The number of allylic oxidation sites excluding steroid dienone is 1. The van der Waals surface area contributed by atoms with Gasteiger partial charge in [0, 0.05) is 18.9 Å². The molecule has 1 heterocycles. The number of benzene rings is 1. The zero-order chi connectivity index (χ0) is 18.4. The first kappa shape index (κ1) is 18.8. The van der Waals surface area contributed by atoms with E-state index in [4.69, 9.17) is 4.74 Å². The number of aryl methyl sites for hydroxylation is 1. The lowest BCUT2D eigenvalue weighted by atomic mass is 9.86. The van der Waals surface area contributed by atoms with E-state index in [0.29, 0.717) is 0 Å². The van der Waals surface area contributed by atoms with Gasteiger partial charge in [0.2, 0.25) is 0 Å². The summed E-state index contributed by atoms with van der Waals surface area (Å²) >= 11 is 0. The third-order valence-corrected chi connectivity index (χ3v) is 5.39. The van der Waals surface area contributed by atoms with E-state index in [2.05, 4.69) is 54.7 Å². The van der Waals surface area contributed by atoms with Crippen molar-refractivity contribution in [1.29, 1.82) is 0 Å². The molecule has 1 aromatic carbocycles. The number of fused-ring (bicyclic) bond motifs is 1. The Morgan fingerprint density at radius 2 is 2.00 bits per heavy atom. The van der Waals surface area contributed by atoms with Crippen molar-refractivity contribution in [2.24, 2.45) is 0 Å². The maximum absolute atomic E-state index is 6.10. The van der Waals surface area contributed by atoms with Crippen LogP contribution in [0.1, 0.15) is 68.5 Å². The molecule has 1 aliphatic carbocycles. The van der Waals surface area contributed by atoms with E-state index < -0.39 is 0 Å². The SMILES string of the molecule is CCCCOc1ccc(/C=C(\CC)Cn2ccnc2C)c2c1CCCC2. The molecule has 0 spiro atoms. The summed E-state index contributed by atoms with van der Waals surface area (Å²) in [7, 11) is 0. The van der Waals surface area contributed by atoms with Gasteiger partial charge >= 0.3 is 0 Å². The Kier molecular flexibility index (Phi) is 6.54. The minimum Gasteiger partial charge on any atom is -0.493 e. The second kappa shape index (κ2) is 9.07. The first-order valence-electron chi connectivity index (χ1n) is 10.2. The zero-order valence-corrected chi connectivity index (χ0v) is 16.6. The Hall–Kier alpha value is -2.03. The second-order valence-electron chi connectivity index (χ2n) is 7.28. The maximum Gasteiger partial charge on any atom is 0.122 e. The van der Waals surface area contributed by atoms with Gasteiger partial charge in [-0.3, -0.25) is 0 Å². The Labute approximate surface area is 158 Å². The molecule has 0 atom stereocenters. The van der Waals surface area contributed by atoms with Gasteiger partial charge in [0.25, 0.3) is 0 Å². The van der Waals surface area contributed by atoms with Gasteiger partial charge in [-0.1, -0.05) is 38.0 Å². The number of nitrogens with zero attached hydrogens (tertiary/aromatic N) is 2. The molecule has 1 aliphatic rings.